The Morgan fingerprint density at radius 2 is 2.26 bits per heavy atom. The Bertz CT molecular complexity index is 921. The van der Waals surface area contributed by atoms with Crippen molar-refractivity contribution in [2.75, 3.05) is 45.7 Å². The first-order valence-electron chi connectivity index (χ1n) is 10.5. The molecule has 1 fully saturated rings. The van der Waals surface area contributed by atoms with Gasteiger partial charge >= 0.3 is 0 Å². The Labute approximate surface area is 183 Å². The Morgan fingerprint density at radius 1 is 1.42 bits per heavy atom. The summed E-state index contributed by atoms with van der Waals surface area (Å²) in [7, 11) is 3.30. The number of hydrogen-bond donors (Lipinski definition) is 1. The number of nitrogens with zero attached hydrogens (tertiary/aromatic N) is 2. The van der Waals surface area contributed by atoms with Crippen LogP contribution in [0.1, 0.15) is 24.5 Å². The summed E-state index contributed by atoms with van der Waals surface area (Å²) in [5.74, 6) is 0.231. The van der Waals surface area contributed by atoms with E-state index in [1.54, 1.807) is 26.4 Å². The average molecular weight is 428 g/mol. The first kappa shape index (κ1) is 22.9. The average Bonchev–Trinajstić information content (AvgIpc) is 2.96. The number of aliphatic imine (C=N–C) groups is 1. The molecule has 0 aromatic heterocycles. The molecule has 1 amide bonds. The van der Waals surface area contributed by atoms with Gasteiger partial charge in [-0.3, -0.25) is 14.7 Å². The summed E-state index contributed by atoms with van der Waals surface area (Å²) in [5.41, 5.74) is 3.46. The first-order valence-corrected chi connectivity index (χ1v) is 10.5. The fourth-order valence-electron chi connectivity index (χ4n) is 3.68. The molecule has 1 saturated heterocycles. The van der Waals surface area contributed by atoms with E-state index in [1.165, 1.54) is 11.6 Å². The van der Waals surface area contributed by atoms with E-state index >= 15 is 0 Å². The number of methoxy groups -OCH3 is 1. The maximum Gasteiger partial charge on any atom is 0.254 e. The van der Waals surface area contributed by atoms with E-state index in [9.17, 15) is 9.18 Å². The maximum absolute atomic E-state index is 14.4. The molecule has 1 aromatic carbocycles. The summed E-state index contributed by atoms with van der Waals surface area (Å²) in [4.78, 5) is 18.9. The standard InChI is InChI=1S/C24H30FN3O3/c1-4-17-5-7-20(13-19(17)14-26-2)27-24(29)23-16-28(11-12-31-23)15-18-6-8-21(30-3)9-10-22(18)25/h5-7,9-10,13-14,23H,4,8,11-12,15-16H2,1-3H3,(H,27,29). The van der Waals surface area contributed by atoms with Crippen LogP contribution in [-0.2, 0) is 20.7 Å². The Kier molecular flexibility index (Phi) is 8.14. The highest BCUT2D eigenvalue weighted by Crippen LogP contribution is 2.22. The number of carbonyl (C=O) groups is 1. The highest BCUT2D eigenvalue weighted by atomic mass is 19.1. The number of benzene rings is 1. The molecule has 6 nitrogen and oxygen atoms in total. The van der Waals surface area contributed by atoms with Gasteiger partial charge in [-0.2, -0.15) is 0 Å². The zero-order valence-electron chi connectivity index (χ0n) is 18.4. The number of nitrogens with one attached hydrogen (secondary N) is 1. The van der Waals surface area contributed by atoms with Crippen LogP contribution in [0, 0.1) is 0 Å². The third-order valence-corrected chi connectivity index (χ3v) is 5.43. The molecule has 1 unspecified atom stereocenters. The van der Waals surface area contributed by atoms with Gasteiger partial charge in [0.2, 0.25) is 0 Å². The van der Waals surface area contributed by atoms with Crippen molar-refractivity contribution in [1.29, 1.82) is 0 Å². The molecule has 0 radical (unpaired) electrons. The van der Waals surface area contributed by atoms with Crippen molar-refractivity contribution in [3.05, 3.63) is 64.7 Å². The quantitative estimate of drug-likeness (QED) is 0.675. The predicted molar refractivity (Wildman–Crippen MR) is 121 cm³/mol. The monoisotopic (exact) mass is 427 g/mol. The van der Waals surface area contributed by atoms with Gasteiger partial charge in [-0.25, -0.2) is 4.39 Å². The highest BCUT2D eigenvalue weighted by molar-refractivity contribution is 5.95. The number of morpholine rings is 1. The highest BCUT2D eigenvalue weighted by Gasteiger charge is 2.28. The van der Waals surface area contributed by atoms with E-state index in [1.807, 2.05) is 29.2 Å². The van der Waals surface area contributed by atoms with Crippen molar-refractivity contribution >= 4 is 17.8 Å². The molecule has 31 heavy (non-hydrogen) atoms. The van der Waals surface area contributed by atoms with Gasteiger partial charge < -0.3 is 14.8 Å². The van der Waals surface area contributed by atoms with Crippen LogP contribution in [0.2, 0.25) is 0 Å². The van der Waals surface area contributed by atoms with E-state index in [4.69, 9.17) is 9.47 Å². The van der Waals surface area contributed by atoms with Crippen LogP contribution >= 0.6 is 0 Å². The summed E-state index contributed by atoms with van der Waals surface area (Å²) >= 11 is 0. The summed E-state index contributed by atoms with van der Waals surface area (Å²) in [6.07, 6.45) is 7.52. The van der Waals surface area contributed by atoms with Crippen LogP contribution < -0.4 is 5.32 Å². The van der Waals surface area contributed by atoms with Gasteiger partial charge in [0.25, 0.3) is 5.91 Å². The van der Waals surface area contributed by atoms with Crippen LogP contribution in [0.5, 0.6) is 0 Å². The van der Waals surface area contributed by atoms with Crippen molar-refractivity contribution in [2.24, 2.45) is 4.99 Å². The number of hydrogen-bond acceptors (Lipinski definition) is 5. The van der Waals surface area contributed by atoms with Crippen LogP contribution in [0.15, 0.2) is 58.6 Å². The first-order chi connectivity index (χ1) is 15.0. The number of halogens is 1. The zero-order chi connectivity index (χ0) is 22.2. The lowest BCUT2D eigenvalue weighted by molar-refractivity contribution is -0.132. The molecule has 1 N–H and O–H groups in total. The second-order valence-electron chi connectivity index (χ2n) is 7.52. The summed E-state index contributed by atoms with van der Waals surface area (Å²) in [6, 6.07) is 5.80. The molecule has 7 heteroatoms. The number of rotatable bonds is 7. The molecule has 3 rings (SSSR count). The number of allylic oxidation sites excluding steroid dienone is 3. The number of ether oxygens (including phenoxy) is 2. The van der Waals surface area contributed by atoms with Crippen LogP contribution in [0.4, 0.5) is 10.1 Å². The van der Waals surface area contributed by atoms with Crippen LogP contribution in [0.3, 0.4) is 0 Å². The van der Waals surface area contributed by atoms with Crippen molar-refractivity contribution in [3.63, 3.8) is 0 Å². The van der Waals surface area contributed by atoms with E-state index < -0.39 is 6.10 Å². The van der Waals surface area contributed by atoms with Gasteiger partial charge in [-0.05, 0) is 47.4 Å². The molecular weight excluding hydrogens is 397 g/mol. The normalized spacial score (nSPS) is 20.0. The summed E-state index contributed by atoms with van der Waals surface area (Å²) in [6.45, 7) is 3.96. The molecule has 1 aliphatic heterocycles. The second kappa shape index (κ2) is 11.0. The topological polar surface area (TPSA) is 63.2 Å². The third kappa shape index (κ3) is 6.12. The minimum atomic E-state index is -0.617. The molecule has 1 heterocycles. The van der Waals surface area contributed by atoms with E-state index in [0.29, 0.717) is 49.7 Å². The molecule has 1 atom stereocenters. The van der Waals surface area contributed by atoms with Gasteiger partial charge in [0, 0.05) is 45.0 Å². The van der Waals surface area contributed by atoms with Crippen LogP contribution in [0.25, 0.3) is 0 Å². The molecule has 2 aliphatic rings. The Morgan fingerprint density at radius 3 is 3.00 bits per heavy atom. The van der Waals surface area contributed by atoms with Crippen LogP contribution in [-0.4, -0.2) is 63.5 Å². The van der Waals surface area contributed by atoms with Gasteiger partial charge in [0.1, 0.15) is 11.9 Å². The number of anilines is 1. The minimum absolute atomic E-state index is 0.206. The predicted octanol–water partition coefficient (Wildman–Crippen LogP) is 3.65. The third-order valence-electron chi connectivity index (χ3n) is 5.43. The lowest BCUT2D eigenvalue weighted by Gasteiger charge is -2.32. The molecule has 1 aromatic rings. The number of amides is 1. The summed E-state index contributed by atoms with van der Waals surface area (Å²) in [5, 5.41) is 2.94. The van der Waals surface area contributed by atoms with E-state index in [-0.39, 0.29) is 11.7 Å². The summed E-state index contributed by atoms with van der Waals surface area (Å²) < 4.78 is 25.3. The fraction of sp³-hybridized carbons (Fsp3) is 0.417. The zero-order valence-corrected chi connectivity index (χ0v) is 18.4. The Hall–Kier alpha value is -2.77. The van der Waals surface area contributed by atoms with E-state index in [0.717, 1.165) is 12.0 Å². The van der Waals surface area contributed by atoms with Crippen molar-refractivity contribution in [2.45, 2.75) is 25.9 Å². The lowest BCUT2D eigenvalue weighted by Crippen LogP contribution is -2.48. The second-order valence-corrected chi connectivity index (χ2v) is 7.52. The Balaban J connectivity index is 1.62. The minimum Gasteiger partial charge on any atom is -0.501 e. The van der Waals surface area contributed by atoms with Crippen molar-refractivity contribution < 1.29 is 18.7 Å². The van der Waals surface area contributed by atoms with Crippen molar-refractivity contribution in [1.82, 2.24) is 4.90 Å². The van der Waals surface area contributed by atoms with Gasteiger partial charge in [0.05, 0.1) is 19.5 Å². The lowest BCUT2D eigenvalue weighted by atomic mass is 10.0. The molecule has 166 valence electrons. The SMILES string of the molecule is CCc1ccc(NC(=O)C2CN(CC3=CCC(OC)=CC=C3F)CCO2)cc1C=NC. The number of aryl methyl sites for hydroxylation is 1. The number of carbonyl (C=O) groups excluding carboxylic acids is 1. The maximum atomic E-state index is 14.4. The molecule has 1 aliphatic carbocycles. The molecule has 0 spiro atoms. The van der Waals surface area contributed by atoms with E-state index in [2.05, 4.69) is 17.2 Å². The van der Waals surface area contributed by atoms with Gasteiger partial charge in [-0.1, -0.05) is 19.1 Å². The van der Waals surface area contributed by atoms with Gasteiger partial charge in [0.15, 0.2) is 0 Å². The molecular formula is C24H30FN3O3. The molecule has 0 bridgehead atoms. The van der Waals surface area contributed by atoms with Gasteiger partial charge in [-0.15, -0.1) is 0 Å². The van der Waals surface area contributed by atoms with Crippen molar-refractivity contribution in [3.8, 4) is 0 Å². The smallest absolute Gasteiger partial charge is 0.254 e. The fourth-order valence-corrected chi connectivity index (χ4v) is 3.68. The molecule has 0 saturated carbocycles. The largest absolute Gasteiger partial charge is 0.501 e.